The molecule has 1 heterocycles. The molecule has 0 N–H and O–H groups in total. The van der Waals surface area contributed by atoms with Crippen molar-refractivity contribution < 1.29 is 33.4 Å². The zero-order chi connectivity index (χ0) is 21.7. The van der Waals surface area contributed by atoms with Gasteiger partial charge in [-0.15, -0.1) is 0 Å². The Morgan fingerprint density at radius 3 is 2.20 bits per heavy atom. The summed E-state index contributed by atoms with van der Waals surface area (Å²) in [6.45, 7) is -0.254. The molecule has 0 bridgehead atoms. The molecule has 8 heteroatoms. The summed E-state index contributed by atoms with van der Waals surface area (Å²) in [6.07, 6.45) is -0.00564. The molecule has 8 nitrogen and oxygen atoms in total. The van der Waals surface area contributed by atoms with Crippen molar-refractivity contribution >= 4 is 29.3 Å². The Labute approximate surface area is 173 Å². The van der Waals surface area contributed by atoms with Gasteiger partial charge in [-0.25, -0.2) is 4.79 Å². The van der Waals surface area contributed by atoms with Crippen LogP contribution in [0.15, 0.2) is 48.5 Å². The number of ketones is 1. The van der Waals surface area contributed by atoms with E-state index in [0.29, 0.717) is 22.6 Å². The summed E-state index contributed by atoms with van der Waals surface area (Å²) in [5.41, 5.74) is 1.33. The molecule has 0 aliphatic carbocycles. The molecule has 30 heavy (non-hydrogen) atoms. The van der Waals surface area contributed by atoms with Crippen molar-refractivity contribution in [1.82, 2.24) is 0 Å². The van der Waals surface area contributed by atoms with E-state index in [1.807, 2.05) is 0 Å². The zero-order valence-electron chi connectivity index (χ0n) is 16.6. The molecule has 0 aromatic heterocycles. The highest BCUT2D eigenvalue weighted by Gasteiger charge is 2.36. The molecule has 1 saturated heterocycles. The molecule has 1 aliphatic rings. The summed E-state index contributed by atoms with van der Waals surface area (Å²) in [7, 11) is 2.81. The van der Waals surface area contributed by atoms with Crippen molar-refractivity contribution in [3.63, 3.8) is 0 Å². The molecule has 2 aromatic carbocycles. The van der Waals surface area contributed by atoms with Crippen molar-refractivity contribution in [3.05, 3.63) is 59.7 Å². The van der Waals surface area contributed by atoms with Gasteiger partial charge in [0.25, 0.3) is 0 Å². The van der Waals surface area contributed by atoms with Crippen LogP contribution >= 0.6 is 0 Å². The van der Waals surface area contributed by atoms with Crippen LogP contribution in [0, 0.1) is 5.92 Å². The predicted octanol–water partition coefficient (Wildman–Crippen LogP) is 2.26. The minimum Gasteiger partial charge on any atom is -0.497 e. The Morgan fingerprint density at radius 1 is 0.967 bits per heavy atom. The van der Waals surface area contributed by atoms with Gasteiger partial charge in [0, 0.05) is 24.2 Å². The Bertz CT molecular complexity index is 950. The van der Waals surface area contributed by atoms with Crippen LogP contribution in [-0.2, 0) is 19.1 Å². The molecule has 0 spiro atoms. The molecule has 1 fully saturated rings. The first-order chi connectivity index (χ1) is 14.4. The number of amides is 1. The number of benzene rings is 2. The maximum absolute atomic E-state index is 12.4. The number of Topliss-reactive ketones (excluding diaryl/α,β-unsaturated/α-hetero) is 1. The second-order valence-electron chi connectivity index (χ2n) is 6.70. The highest BCUT2D eigenvalue weighted by molar-refractivity contribution is 6.01. The smallest absolute Gasteiger partial charge is 0.337 e. The second kappa shape index (κ2) is 9.21. The first-order valence-electron chi connectivity index (χ1n) is 9.25. The molecule has 2 aromatic rings. The van der Waals surface area contributed by atoms with Crippen molar-refractivity contribution in [3.8, 4) is 5.75 Å². The van der Waals surface area contributed by atoms with E-state index >= 15 is 0 Å². The topological polar surface area (TPSA) is 99.2 Å². The number of ether oxygens (including phenoxy) is 3. The van der Waals surface area contributed by atoms with Gasteiger partial charge in [-0.05, 0) is 48.5 Å². The number of carbonyl (C=O) groups is 4. The largest absolute Gasteiger partial charge is 0.497 e. The quantitative estimate of drug-likeness (QED) is 0.509. The fourth-order valence-corrected chi connectivity index (χ4v) is 3.13. The third kappa shape index (κ3) is 4.65. The minimum atomic E-state index is -0.665. The van der Waals surface area contributed by atoms with Crippen molar-refractivity contribution in [2.75, 3.05) is 32.3 Å². The number of methoxy groups -OCH3 is 2. The van der Waals surface area contributed by atoms with E-state index in [1.165, 1.54) is 19.1 Å². The van der Waals surface area contributed by atoms with Crippen LogP contribution in [0.25, 0.3) is 0 Å². The van der Waals surface area contributed by atoms with Gasteiger partial charge >= 0.3 is 11.9 Å². The lowest BCUT2D eigenvalue weighted by Gasteiger charge is -2.16. The predicted molar refractivity (Wildman–Crippen MR) is 107 cm³/mol. The van der Waals surface area contributed by atoms with Crippen molar-refractivity contribution in [1.29, 1.82) is 0 Å². The van der Waals surface area contributed by atoms with Crippen LogP contribution < -0.4 is 9.64 Å². The van der Waals surface area contributed by atoms with Crippen molar-refractivity contribution in [2.24, 2.45) is 5.92 Å². The monoisotopic (exact) mass is 411 g/mol. The summed E-state index contributed by atoms with van der Waals surface area (Å²) in [5.74, 6) is -1.69. The minimum absolute atomic E-state index is 0.00564. The molecule has 156 valence electrons. The zero-order valence-corrected chi connectivity index (χ0v) is 16.6. The SMILES string of the molecule is COC(=O)c1ccc(N2C[C@@H](C(=O)OCC(=O)c3ccc(OC)cc3)CC2=O)cc1. The van der Waals surface area contributed by atoms with E-state index in [-0.39, 0.29) is 24.7 Å². The van der Waals surface area contributed by atoms with Gasteiger partial charge in [-0.1, -0.05) is 0 Å². The number of rotatable bonds is 7. The molecule has 1 atom stereocenters. The van der Waals surface area contributed by atoms with Crippen LogP contribution in [0.5, 0.6) is 5.75 Å². The van der Waals surface area contributed by atoms with E-state index in [1.54, 1.807) is 48.5 Å². The fourth-order valence-electron chi connectivity index (χ4n) is 3.13. The standard InChI is InChI=1S/C22H21NO7/c1-28-18-9-5-14(6-10-18)19(24)13-30-22(27)16-11-20(25)23(12-16)17-7-3-15(4-8-17)21(26)29-2/h3-10,16H,11-13H2,1-2H3/t16-/m0/s1. The van der Waals surface area contributed by atoms with Crippen LogP contribution in [0.3, 0.4) is 0 Å². The van der Waals surface area contributed by atoms with Gasteiger partial charge in [-0.2, -0.15) is 0 Å². The Balaban J connectivity index is 1.56. The fraction of sp³-hybridized carbons (Fsp3) is 0.273. The van der Waals surface area contributed by atoms with E-state index in [9.17, 15) is 19.2 Å². The number of nitrogens with zero attached hydrogens (tertiary/aromatic N) is 1. The highest BCUT2D eigenvalue weighted by atomic mass is 16.5. The van der Waals surface area contributed by atoms with Crippen LogP contribution in [0.4, 0.5) is 5.69 Å². The summed E-state index contributed by atoms with van der Waals surface area (Å²) >= 11 is 0. The highest BCUT2D eigenvalue weighted by Crippen LogP contribution is 2.26. The Morgan fingerprint density at radius 2 is 1.60 bits per heavy atom. The lowest BCUT2D eigenvalue weighted by Crippen LogP contribution is -2.27. The molecule has 1 amide bonds. The molecule has 3 rings (SSSR count). The van der Waals surface area contributed by atoms with Gasteiger partial charge in [0.1, 0.15) is 5.75 Å². The van der Waals surface area contributed by atoms with Gasteiger partial charge in [0.15, 0.2) is 12.4 Å². The molecule has 0 unspecified atom stereocenters. The van der Waals surface area contributed by atoms with E-state index in [0.717, 1.165) is 0 Å². The first-order valence-corrected chi connectivity index (χ1v) is 9.25. The maximum Gasteiger partial charge on any atom is 0.337 e. The maximum atomic E-state index is 12.4. The summed E-state index contributed by atoms with van der Waals surface area (Å²) in [6, 6.07) is 12.8. The molecular formula is C22H21NO7. The number of esters is 2. The third-order valence-corrected chi connectivity index (χ3v) is 4.82. The third-order valence-electron chi connectivity index (χ3n) is 4.82. The number of hydrogen-bond donors (Lipinski definition) is 0. The number of carbonyl (C=O) groups excluding carboxylic acids is 4. The molecule has 0 radical (unpaired) electrons. The summed E-state index contributed by atoms with van der Waals surface area (Å²) < 4.78 is 14.8. The molecular weight excluding hydrogens is 390 g/mol. The van der Waals surface area contributed by atoms with Gasteiger partial charge in [-0.3, -0.25) is 14.4 Å². The van der Waals surface area contributed by atoms with Gasteiger partial charge < -0.3 is 19.1 Å². The van der Waals surface area contributed by atoms with Crippen molar-refractivity contribution in [2.45, 2.75) is 6.42 Å². The van der Waals surface area contributed by atoms with Crippen LogP contribution in [0.1, 0.15) is 27.1 Å². The second-order valence-corrected chi connectivity index (χ2v) is 6.70. The summed E-state index contributed by atoms with van der Waals surface area (Å²) in [4.78, 5) is 49.8. The lowest BCUT2D eigenvalue weighted by atomic mass is 10.1. The Kier molecular flexibility index (Phi) is 6.46. The Hall–Kier alpha value is -3.68. The molecule has 1 aliphatic heterocycles. The average molecular weight is 411 g/mol. The number of anilines is 1. The van der Waals surface area contributed by atoms with E-state index in [4.69, 9.17) is 9.47 Å². The summed E-state index contributed by atoms with van der Waals surface area (Å²) in [5, 5.41) is 0. The average Bonchev–Trinajstić information content (AvgIpc) is 3.18. The number of hydrogen-bond acceptors (Lipinski definition) is 7. The van der Waals surface area contributed by atoms with Crippen LogP contribution in [0.2, 0.25) is 0 Å². The van der Waals surface area contributed by atoms with Crippen LogP contribution in [-0.4, -0.2) is 51.0 Å². The molecule has 0 saturated carbocycles. The van der Waals surface area contributed by atoms with E-state index in [2.05, 4.69) is 4.74 Å². The van der Waals surface area contributed by atoms with E-state index < -0.39 is 24.5 Å². The first kappa shape index (κ1) is 21.0. The van der Waals surface area contributed by atoms with Gasteiger partial charge in [0.2, 0.25) is 5.91 Å². The normalized spacial score (nSPS) is 15.6. The van der Waals surface area contributed by atoms with Gasteiger partial charge in [0.05, 0.1) is 25.7 Å². The lowest BCUT2D eigenvalue weighted by molar-refractivity contribution is -0.147.